The number of nitrogens with one attached hydrogen (secondary N) is 1. The monoisotopic (exact) mass is 286 g/mol. The summed E-state index contributed by atoms with van der Waals surface area (Å²) in [6, 6.07) is 4.40. The van der Waals surface area contributed by atoms with E-state index in [2.05, 4.69) is 5.32 Å². The van der Waals surface area contributed by atoms with Crippen molar-refractivity contribution in [2.24, 2.45) is 5.92 Å². The van der Waals surface area contributed by atoms with Crippen LogP contribution >= 0.6 is 0 Å². The average Bonchev–Trinajstić information content (AvgIpc) is 2.37. The normalized spacial score (nSPS) is 12.6. The second kappa shape index (κ2) is 6.28. The van der Waals surface area contributed by atoms with E-state index in [1.54, 1.807) is 13.0 Å². The molecule has 1 aromatic carbocycles. The van der Waals surface area contributed by atoms with Crippen molar-refractivity contribution in [3.63, 3.8) is 0 Å². The third-order valence-corrected chi connectivity index (χ3v) is 2.85. The van der Waals surface area contributed by atoms with Crippen molar-refractivity contribution in [2.45, 2.75) is 19.5 Å². The van der Waals surface area contributed by atoms with Crippen molar-refractivity contribution in [1.82, 2.24) is 0 Å². The fourth-order valence-electron chi connectivity index (χ4n) is 1.61. The second-order valence-electron chi connectivity index (χ2n) is 4.19. The molecule has 0 fully saturated rings. The fraction of sp³-hybridized carbons (Fsp3) is 0.385. The molecule has 0 aliphatic heterocycles. The van der Waals surface area contributed by atoms with E-state index in [1.807, 2.05) is 0 Å². The van der Waals surface area contributed by atoms with E-state index in [0.717, 1.165) is 18.2 Å². The number of alkyl halides is 3. The van der Waals surface area contributed by atoms with Gasteiger partial charge in [-0.2, -0.15) is 18.4 Å². The SMILES string of the molecule is CCC(CNc1ccc(C(F)(F)F)cc1C#N)C(=O)O. The number of hydrogen-bond donors (Lipinski definition) is 2. The third kappa shape index (κ3) is 3.88. The lowest BCUT2D eigenvalue weighted by Crippen LogP contribution is -2.22. The van der Waals surface area contributed by atoms with Gasteiger partial charge in [0.25, 0.3) is 0 Å². The molecule has 0 radical (unpaired) electrons. The van der Waals surface area contributed by atoms with Crippen LogP contribution in [0.25, 0.3) is 0 Å². The molecule has 0 aliphatic rings. The zero-order valence-corrected chi connectivity index (χ0v) is 10.7. The molecule has 0 bridgehead atoms. The molecule has 0 heterocycles. The summed E-state index contributed by atoms with van der Waals surface area (Å²) in [6.45, 7) is 1.74. The van der Waals surface area contributed by atoms with Gasteiger partial charge < -0.3 is 10.4 Å². The maximum Gasteiger partial charge on any atom is 0.416 e. The number of halogens is 3. The molecule has 2 N–H and O–H groups in total. The summed E-state index contributed by atoms with van der Waals surface area (Å²) >= 11 is 0. The van der Waals surface area contributed by atoms with Crippen LogP contribution in [-0.2, 0) is 11.0 Å². The lowest BCUT2D eigenvalue weighted by molar-refractivity contribution is -0.141. The van der Waals surface area contributed by atoms with Crippen molar-refractivity contribution >= 4 is 11.7 Å². The van der Waals surface area contributed by atoms with Crippen LogP contribution in [0.3, 0.4) is 0 Å². The van der Waals surface area contributed by atoms with Crippen molar-refractivity contribution in [3.05, 3.63) is 29.3 Å². The summed E-state index contributed by atoms with van der Waals surface area (Å²) in [5.41, 5.74) is -0.884. The zero-order chi connectivity index (χ0) is 15.3. The first-order valence-corrected chi connectivity index (χ1v) is 5.87. The number of anilines is 1. The number of benzene rings is 1. The number of carboxylic acid groups (broad SMARTS) is 1. The van der Waals surface area contributed by atoms with Crippen LogP contribution in [0.4, 0.5) is 18.9 Å². The van der Waals surface area contributed by atoms with Gasteiger partial charge in [0.1, 0.15) is 6.07 Å². The Morgan fingerprint density at radius 1 is 1.50 bits per heavy atom. The Morgan fingerprint density at radius 3 is 2.60 bits per heavy atom. The van der Waals surface area contributed by atoms with Crippen molar-refractivity contribution in [2.75, 3.05) is 11.9 Å². The molecule has 0 aliphatic carbocycles. The second-order valence-corrected chi connectivity index (χ2v) is 4.19. The first-order chi connectivity index (χ1) is 9.29. The van der Waals surface area contributed by atoms with E-state index in [1.165, 1.54) is 0 Å². The van der Waals surface area contributed by atoms with Crippen LogP contribution in [-0.4, -0.2) is 17.6 Å². The van der Waals surface area contributed by atoms with Gasteiger partial charge in [0.2, 0.25) is 0 Å². The van der Waals surface area contributed by atoms with E-state index in [0.29, 0.717) is 6.42 Å². The number of carboxylic acids is 1. The summed E-state index contributed by atoms with van der Waals surface area (Å²) in [5.74, 6) is -1.66. The van der Waals surface area contributed by atoms with Gasteiger partial charge in [-0.3, -0.25) is 4.79 Å². The number of nitrogens with zero attached hydrogens (tertiary/aromatic N) is 1. The first-order valence-electron chi connectivity index (χ1n) is 5.87. The zero-order valence-electron chi connectivity index (χ0n) is 10.7. The van der Waals surface area contributed by atoms with E-state index in [4.69, 9.17) is 10.4 Å². The highest BCUT2D eigenvalue weighted by Gasteiger charge is 2.31. The van der Waals surface area contributed by atoms with Crippen LogP contribution in [0.1, 0.15) is 24.5 Å². The molecule has 0 saturated heterocycles. The molecule has 0 spiro atoms. The molecule has 108 valence electrons. The minimum absolute atomic E-state index is 0.0475. The van der Waals surface area contributed by atoms with Gasteiger partial charge in [-0.15, -0.1) is 0 Å². The van der Waals surface area contributed by atoms with Crippen molar-refractivity contribution in [3.8, 4) is 6.07 Å². The predicted octanol–water partition coefficient (Wildman–Crippen LogP) is 3.10. The topological polar surface area (TPSA) is 73.1 Å². The summed E-state index contributed by atoms with van der Waals surface area (Å²) in [6.07, 6.45) is -4.14. The third-order valence-electron chi connectivity index (χ3n) is 2.85. The van der Waals surface area contributed by atoms with Gasteiger partial charge in [-0.1, -0.05) is 6.92 Å². The summed E-state index contributed by atoms with van der Waals surface area (Å²) in [7, 11) is 0. The standard InChI is InChI=1S/C13H13F3N2O2/c1-2-8(12(19)20)7-18-11-4-3-10(13(14,15)16)5-9(11)6-17/h3-5,8,18H,2,7H2,1H3,(H,19,20). The number of aliphatic carboxylic acids is 1. The fourth-order valence-corrected chi connectivity index (χ4v) is 1.61. The van der Waals surface area contributed by atoms with Crippen molar-refractivity contribution < 1.29 is 23.1 Å². The van der Waals surface area contributed by atoms with Gasteiger partial charge in [-0.05, 0) is 24.6 Å². The summed E-state index contributed by atoms with van der Waals surface area (Å²) in [4.78, 5) is 10.8. The maximum atomic E-state index is 12.5. The Balaban J connectivity index is 2.92. The summed E-state index contributed by atoms with van der Waals surface area (Å²) < 4.78 is 37.5. The highest BCUT2D eigenvalue weighted by atomic mass is 19.4. The van der Waals surface area contributed by atoms with Gasteiger partial charge >= 0.3 is 12.1 Å². The smallest absolute Gasteiger partial charge is 0.416 e. The number of carbonyl (C=O) groups is 1. The molecule has 0 saturated carbocycles. The average molecular weight is 286 g/mol. The minimum atomic E-state index is -4.52. The molecule has 20 heavy (non-hydrogen) atoms. The molecule has 0 aromatic heterocycles. The minimum Gasteiger partial charge on any atom is -0.481 e. The lowest BCUT2D eigenvalue weighted by atomic mass is 10.1. The maximum absolute atomic E-state index is 12.5. The molecule has 1 atom stereocenters. The molecular weight excluding hydrogens is 273 g/mol. The number of rotatable bonds is 5. The molecule has 4 nitrogen and oxygen atoms in total. The van der Waals surface area contributed by atoms with Crippen molar-refractivity contribution in [1.29, 1.82) is 5.26 Å². The highest BCUT2D eigenvalue weighted by molar-refractivity contribution is 5.71. The summed E-state index contributed by atoms with van der Waals surface area (Å²) in [5, 5.41) is 20.4. The van der Waals surface area contributed by atoms with E-state index in [-0.39, 0.29) is 17.8 Å². The Morgan fingerprint density at radius 2 is 2.15 bits per heavy atom. The van der Waals surface area contributed by atoms with Crippen LogP contribution in [0.2, 0.25) is 0 Å². The van der Waals surface area contributed by atoms with Crippen LogP contribution in [0.15, 0.2) is 18.2 Å². The molecule has 1 unspecified atom stereocenters. The number of nitriles is 1. The molecule has 0 amide bonds. The molecule has 1 rings (SSSR count). The van der Waals surface area contributed by atoms with E-state index in [9.17, 15) is 18.0 Å². The Labute approximate surface area is 113 Å². The predicted molar refractivity (Wildman–Crippen MR) is 66.1 cm³/mol. The Hall–Kier alpha value is -2.23. The van der Waals surface area contributed by atoms with Crippen LogP contribution in [0.5, 0.6) is 0 Å². The van der Waals surface area contributed by atoms with Crippen LogP contribution < -0.4 is 5.32 Å². The van der Waals surface area contributed by atoms with E-state index >= 15 is 0 Å². The molecule has 7 heteroatoms. The molecule has 1 aromatic rings. The van der Waals surface area contributed by atoms with E-state index < -0.39 is 23.6 Å². The number of hydrogen-bond acceptors (Lipinski definition) is 3. The Bertz CT molecular complexity index is 535. The van der Waals surface area contributed by atoms with Gasteiger partial charge in [0, 0.05) is 6.54 Å². The molecular formula is C13H13F3N2O2. The first kappa shape index (κ1) is 15.8. The quantitative estimate of drug-likeness (QED) is 0.872. The van der Waals surface area contributed by atoms with Gasteiger partial charge in [0.15, 0.2) is 0 Å². The van der Waals surface area contributed by atoms with Crippen LogP contribution in [0, 0.1) is 17.2 Å². The Kier molecular flexibility index (Phi) is 4.97. The van der Waals surface area contributed by atoms with Gasteiger partial charge in [0.05, 0.1) is 22.7 Å². The highest BCUT2D eigenvalue weighted by Crippen LogP contribution is 2.31. The largest absolute Gasteiger partial charge is 0.481 e. The van der Waals surface area contributed by atoms with Gasteiger partial charge in [-0.25, -0.2) is 0 Å². The lowest BCUT2D eigenvalue weighted by Gasteiger charge is -2.14.